The number of hydrogen-bond donors (Lipinski definition) is 1. The molecular weight excluding hydrogens is 809 g/mol. The Morgan fingerprint density at radius 1 is 1.19 bits per heavy atom. The Balaban J connectivity index is 1.57. The molecule has 4 rings (SSSR count). The number of esters is 2. The summed E-state index contributed by atoms with van der Waals surface area (Å²) in [5.41, 5.74) is 0.328. The van der Waals surface area contributed by atoms with Gasteiger partial charge >= 0.3 is 11.9 Å². The van der Waals surface area contributed by atoms with E-state index in [0.29, 0.717) is 15.6 Å². The van der Waals surface area contributed by atoms with Gasteiger partial charge in [-0.1, -0.05) is 0 Å². The second kappa shape index (κ2) is 8.99. The van der Waals surface area contributed by atoms with Crippen LogP contribution in [0.25, 0.3) is 0 Å². The lowest BCUT2D eigenvalue weighted by Crippen LogP contribution is -2.46. The Hall–Kier alpha value is 0.170. The van der Waals surface area contributed by atoms with Crippen molar-refractivity contribution in [3.8, 4) is 0 Å². The van der Waals surface area contributed by atoms with E-state index < -0.39 is 79.7 Å². The molecule has 2 aliphatic carbocycles. The average molecular weight is 824 g/mol. The first-order chi connectivity index (χ1) is 14.8. The summed E-state index contributed by atoms with van der Waals surface area (Å²) in [5, 5.41) is -1.13. The van der Waals surface area contributed by atoms with E-state index >= 15 is 0 Å². The number of carbonyl (C=O) groups is 2. The molecule has 6 atom stereocenters. The number of ether oxygens (including phenoxy) is 2. The third-order valence-electron chi connectivity index (χ3n) is 5.84. The summed E-state index contributed by atoms with van der Waals surface area (Å²) in [6.07, 6.45) is -1.54. The topological polar surface area (TPSA) is 150 Å². The maximum Gasteiger partial charge on any atom is 0.339 e. The van der Waals surface area contributed by atoms with Gasteiger partial charge in [0, 0.05) is 22.5 Å². The predicted molar refractivity (Wildman–Crippen MR) is 134 cm³/mol. The van der Waals surface area contributed by atoms with Gasteiger partial charge in [0.25, 0.3) is 20.2 Å². The first kappa shape index (κ1) is 25.3. The van der Waals surface area contributed by atoms with Crippen molar-refractivity contribution in [3.05, 3.63) is 28.4 Å². The first-order valence-electron chi connectivity index (χ1n) is 9.19. The van der Waals surface area contributed by atoms with Crippen LogP contribution in [0.5, 0.6) is 0 Å². The number of fused-ring (bicyclic) bond motifs is 1. The van der Waals surface area contributed by atoms with Crippen LogP contribution in [0, 0.1) is 28.5 Å². The normalized spacial score (nSPS) is 32.1. The van der Waals surface area contributed by atoms with Crippen LogP contribution in [-0.2, 0) is 38.7 Å². The quantitative estimate of drug-likeness (QED) is 0.148. The molecule has 15 heteroatoms. The zero-order valence-electron chi connectivity index (χ0n) is 15.8. The lowest BCUT2D eigenvalue weighted by Gasteiger charge is -2.30. The molecule has 1 aliphatic heterocycles. The third kappa shape index (κ3) is 4.67. The van der Waals surface area contributed by atoms with E-state index in [-0.39, 0.29) is 0 Å². The van der Waals surface area contributed by atoms with Gasteiger partial charge in [0.2, 0.25) is 0 Å². The fourth-order valence-corrected chi connectivity index (χ4v) is 9.42. The molecule has 6 unspecified atom stereocenters. The van der Waals surface area contributed by atoms with Gasteiger partial charge in [0.15, 0.2) is 0 Å². The van der Waals surface area contributed by atoms with Gasteiger partial charge in [-0.05, 0) is 86.3 Å². The number of rotatable bonds is 6. The number of benzene rings is 1. The van der Waals surface area contributed by atoms with Crippen LogP contribution in [0.3, 0.4) is 0 Å². The van der Waals surface area contributed by atoms with Crippen molar-refractivity contribution in [3.63, 3.8) is 0 Å². The van der Waals surface area contributed by atoms with Crippen molar-refractivity contribution in [1.29, 1.82) is 0 Å². The molecule has 3 fully saturated rings. The van der Waals surface area contributed by atoms with Crippen LogP contribution < -0.4 is 0 Å². The molecule has 32 heavy (non-hydrogen) atoms. The second-order valence-electron chi connectivity index (χ2n) is 7.68. The van der Waals surface area contributed by atoms with Crippen molar-refractivity contribution >= 4 is 99.9 Å². The second-order valence-corrected chi connectivity index (χ2v) is 14.5. The largest absolute Gasteiger partial charge is 0.464 e. The highest BCUT2D eigenvalue weighted by Gasteiger charge is 2.72. The molecule has 0 spiro atoms. The third-order valence-corrected chi connectivity index (χ3v) is 12.0. The zero-order chi connectivity index (χ0) is 23.6. The van der Waals surface area contributed by atoms with E-state index in [9.17, 15) is 26.4 Å². The van der Waals surface area contributed by atoms with Crippen LogP contribution in [0.2, 0.25) is 0 Å². The van der Waals surface area contributed by atoms with Crippen molar-refractivity contribution in [1.82, 2.24) is 0 Å². The van der Waals surface area contributed by atoms with Crippen molar-refractivity contribution in [2.75, 3.05) is 12.4 Å². The molecular formula is C17H15I3O10S2. The molecule has 2 bridgehead atoms. The van der Waals surface area contributed by atoms with Crippen LogP contribution in [0.1, 0.15) is 16.8 Å². The fraction of sp³-hybridized carbons (Fsp3) is 0.529. The molecule has 1 saturated heterocycles. The highest BCUT2D eigenvalue weighted by Crippen LogP contribution is 2.58. The number of carbonyl (C=O) groups excluding carboxylic acids is 2. The van der Waals surface area contributed by atoms with E-state index in [4.69, 9.17) is 18.2 Å². The van der Waals surface area contributed by atoms with Crippen molar-refractivity contribution in [2.45, 2.75) is 23.9 Å². The molecule has 0 amide bonds. The van der Waals surface area contributed by atoms with Crippen LogP contribution in [0.4, 0.5) is 0 Å². The lowest BCUT2D eigenvalue weighted by atomic mass is 9.84. The molecule has 1 aromatic rings. The molecule has 10 nitrogen and oxygen atoms in total. The zero-order valence-corrected chi connectivity index (χ0v) is 23.9. The average Bonchev–Trinajstić information content (AvgIpc) is 3.26. The van der Waals surface area contributed by atoms with Gasteiger partial charge in [-0.25, -0.2) is 4.79 Å². The molecule has 0 aromatic heterocycles. The van der Waals surface area contributed by atoms with Crippen LogP contribution in [0.15, 0.2) is 12.1 Å². The van der Waals surface area contributed by atoms with E-state index in [2.05, 4.69) is 45.2 Å². The number of hydrogen-bond acceptors (Lipinski definition) is 9. The van der Waals surface area contributed by atoms with Gasteiger partial charge in [-0.3, -0.25) is 13.5 Å². The van der Waals surface area contributed by atoms with E-state index in [0.717, 1.165) is 7.14 Å². The van der Waals surface area contributed by atoms with Gasteiger partial charge in [0.05, 0.1) is 11.5 Å². The Labute approximate surface area is 224 Å². The summed E-state index contributed by atoms with van der Waals surface area (Å²) in [4.78, 5) is 25.6. The Kier molecular flexibility index (Phi) is 7.10. The summed E-state index contributed by atoms with van der Waals surface area (Å²) in [5.74, 6) is -4.70. The SMILES string of the molecule is O=C(OC1C2CC3C1OS(=O)(=O)C3C2C(=O)OCCS(=O)(=O)O)c1cc(I)cc(I)c1I. The van der Waals surface area contributed by atoms with Crippen molar-refractivity contribution in [2.24, 2.45) is 17.8 Å². The van der Waals surface area contributed by atoms with E-state index in [1.54, 1.807) is 6.07 Å². The molecule has 3 aliphatic rings. The van der Waals surface area contributed by atoms with Crippen LogP contribution >= 0.6 is 67.8 Å². The molecule has 0 radical (unpaired) electrons. The lowest BCUT2D eigenvalue weighted by molar-refractivity contribution is -0.152. The molecule has 1 heterocycles. The summed E-state index contributed by atoms with van der Waals surface area (Å²) >= 11 is 6.20. The number of halogens is 3. The minimum atomic E-state index is -4.35. The Morgan fingerprint density at radius 2 is 1.88 bits per heavy atom. The van der Waals surface area contributed by atoms with Crippen molar-refractivity contribution < 1.29 is 44.6 Å². The Morgan fingerprint density at radius 3 is 2.53 bits per heavy atom. The van der Waals surface area contributed by atoms with Gasteiger partial charge < -0.3 is 9.47 Å². The monoisotopic (exact) mass is 824 g/mol. The van der Waals surface area contributed by atoms with E-state index in [1.807, 2.05) is 28.7 Å². The van der Waals surface area contributed by atoms with E-state index in [1.165, 1.54) is 0 Å². The summed E-state index contributed by atoms with van der Waals surface area (Å²) < 4.78 is 73.9. The minimum absolute atomic E-state index is 0.297. The predicted octanol–water partition coefficient (Wildman–Crippen LogP) is 1.82. The molecule has 1 aromatic carbocycles. The maximum absolute atomic E-state index is 12.9. The maximum atomic E-state index is 12.9. The summed E-state index contributed by atoms with van der Waals surface area (Å²) in [6, 6.07) is 3.56. The highest BCUT2D eigenvalue weighted by atomic mass is 127. The van der Waals surface area contributed by atoms with Gasteiger partial charge in [0.1, 0.15) is 29.8 Å². The minimum Gasteiger partial charge on any atom is -0.464 e. The van der Waals surface area contributed by atoms with Crippen LogP contribution in [-0.4, -0.2) is 63.1 Å². The molecule has 2 saturated carbocycles. The fourth-order valence-electron chi connectivity index (χ4n) is 4.69. The summed E-state index contributed by atoms with van der Waals surface area (Å²) in [7, 11) is -8.44. The van der Waals surface area contributed by atoms with Gasteiger partial charge in [-0.15, -0.1) is 0 Å². The summed E-state index contributed by atoms with van der Waals surface area (Å²) in [6.45, 7) is -0.619. The standard InChI is InChI=1S/C17H15I3O10S2/c18-6-3-8(12(20)10(19)4-6)16(21)29-13-7-5-9-14(13)30-32(26,27)15(9)11(7)17(22)28-1-2-31(23,24)25/h3-4,7,9,11,13-15H,1-2,5H2,(H,23,24,25). The first-order valence-corrected chi connectivity index (χ1v) is 15.5. The molecule has 176 valence electrons. The Bertz CT molecular complexity index is 1200. The molecule has 1 N–H and O–H groups in total. The highest BCUT2D eigenvalue weighted by molar-refractivity contribution is 14.1. The van der Waals surface area contributed by atoms with Gasteiger partial charge in [-0.2, -0.15) is 16.8 Å². The smallest absolute Gasteiger partial charge is 0.339 e.